The summed E-state index contributed by atoms with van der Waals surface area (Å²) in [6, 6.07) is 14.0. The van der Waals surface area contributed by atoms with Gasteiger partial charge in [-0.05, 0) is 61.2 Å². The molecule has 0 spiro atoms. The molecule has 1 unspecified atom stereocenters. The third-order valence-corrected chi connectivity index (χ3v) is 7.38. The quantitative estimate of drug-likeness (QED) is 0.724. The number of rotatable bonds is 3. The molecule has 1 saturated heterocycles. The van der Waals surface area contributed by atoms with Gasteiger partial charge in [-0.2, -0.15) is 0 Å². The highest BCUT2D eigenvalue weighted by atomic mass is 32.2. The molecule has 2 heterocycles. The molecule has 1 fully saturated rings. The lowest BCUT2D eigenvalue weighted by Gasteiger charge is -2.38. The van der Waals surface area contributed by atoms with Crippen LogP contribution in [-0.2, 0) is 6.42 Å². The van der Waals surface area contributed by atoms with Crippen LogP contribution in [0.5, 0.6) is 5.75 Å². The minimum atomic E-state index is 0.452. The van der Waals surface area contributed by atoms with Gasteiger partial charge in [0.2, 0.25) is 0 Å². The van der Waals surface area contributed by atoms with Gasteiger partial charge in [0.15, 0.2) is 0 Å². The van der Waals surface area contributed by atoms with Crippen LogP contribution in [0.1, 0.15) is 17.2 Å². The van der Waals surface area contributed by atoms with E-state index in [1.807, 2.05) is 23.5 Å². The van der Waals surface area contributed by atoms with Crippen LogP contribution >= 0.6 is 23.5 Å². The van der Waals surface area contributed by atoms with Crippen molar-refractivity contribution in [1.29, 1.82) is 0 Å². The molecule has 2 aromatic rings. The third kappa shape index (κ3) is 3.63. The molecule has 2 aromatic carbocycles. The van der Waals surface area contributed by atoms with Crippen LogP contribution in [0.4, 0.5) is 0 Å². The maximum absolute atomic E-state index is 5.47. The highest BCUT2D eigenvalue weighted by Crippen LogP contribution is 2.45. The molecule has 138 valence electrons. The summed E-state index contributed by atoms with van der Waals surface area (Å²) in [5, 5.41) is 0. The lowest BCUT2D eigenvalue weighted by Crippen LogP contribution is -2.46. The number of ether oxygens (including phenoxy) is 1. The van der Waals surface area contributed by atoms with Crippen molar-refractivity contribution in [2.24, 2.45) is 0 Å². The van der Waals surface area contributed by atoms with E-state index in [1.54, 1.807) is 7.11 Å². The van der Waals surface area contributed by atoms with Gasteiger partial charge >= 0.3 is 0 Å². The van der Waals surface area contributed by atoms with Crippen molar-refractivity contribution in [2.45, 2.75) is 27.1 Å². The number of benzene rings is 2. The minimum absolute atomic E-state index is 0.452. The summed E-state index contributed by atoms with van der Waals surface area (Å²) >= 11 is 3.73. The van der Waals surface area contributed by atoms with Gasteiger partial charge in [0.25, 0.3) is 0 Å². The van der Waals surface area contributed by atoms with Crippen LogP contribution in [0, 0.1) is 0 Å². The SMILES string of the molecule is COc1ccc2c(c1)Sc1ccc(SC)cc1C(N1CCN(C)CC1)C2. The van der Waals surface area contributed by atoms with Gasteiger partial charge in [-0.25, -0.2) is 0 Å². The van der Waals surface area contributed by atoms with E-state index in [0.29, 0.717) is 6.04 Å². The molecule has 2 aliphatic heterocycles. The maximum atomic E-state index is 5.47. The van der Waals surface area contributed by atoms with E-state index in [9.17, 15) is 0 Å². The van der Waals surface area contributed by atoms with Crippen molar-refractivity contribution >= 4 is 23.5 Å². The second-order valence-electron chi connectivity index (χ2n) is 7.04. The first kappa shape index (κ1) is 18.2. The minimum Gasteiger partial charge on any atom is -0.497 e. The zero-order valence-corrected chi connectivity index (χ0v) is 17.3. The van der Waals surface area contributed by atoms with E-state index in [2.05, 4.69) is 59.5 Å². The van der Waals surface area contributed by atoms with E-state index in [1.165, 1.54) is 25.8 Å². The van der Waals surface area contributed by atoms with E-state index >= 15 is 0 Å². The maximum Gasteiger partial charge on any atom is 0.120 e. The zero-order chi connectivity index (χ0) is 18.1. The summed E-state index contributed by atoms with van der Waals surface area (Å²) in [5.41, 5.74) is 2.92. The Morgan fingerprint density at radius 2 is 1.85 bits per heavy atom. The van der Waals surface area contributed by atoms with Gasteiger partial charge in [0, 0.05) is 46.9 Å². The Bertz CT molecular complexity index is 788. The number of likely N-dealkylation sites (N-methyl/N-ethyl adjacent to an activating group) is 1. The molecule has 26 heavy (non-hydrogen) atoms. The topological polar surface area (TPSA) is 15.7 Å². The Labute approximate surface area is 165 Å². The lowest BCUT2D eigenvalue weighted by molar-refractivity contribution is 0.109. The summed E-state index contributed by atoms with van der Waals surface area (Å²) in [4.78, 5) is 9.19. The van der Waals surface area contributed by atoms with E-state index in [4.69, 9.17) is 4.74 Å². The molecule has 0 saturated carbocycles. The van der Waals surface area contributed by atoms with Crippen molar-refractivity contribution < 1.29 is 4.74 Å². The Balaban J connectivity index is 1.76. The van der Waals surface area contributed by atoms with Crippen LogP contribution in [0.3, 0.4) is 0 Å². The second-order valence-corrected chi connectivity index (χ2v) is 9.00. The smallest absolute Gasteiger partial charge is 0.120 e. The fourth-order valence-electron chi connectivity index (χ4n) is 3.83. The van der Waals surface area contributed by atoms with Crippen molar-refractivity contribution in [2.75, 3.05) is 46.6 Å². The molecule has 0 N–H and O–H groups in total. The van der Waals surface area contributed by atoms with Gasteiger partial charge < -0.3 is 9.64 Å². The van der Waals surface area contributed by atoms with Crippen LogP contribution in [0.2, 0.25) is 0 Å². The molecule has 1 atom stereocenters. The molecule has 5 heteroatoms. The van der Waals surface area contributed by atoms with Gasteiger partial charge in [0.05, 0.1) is 7.11 Å². The Morgan fingerprint density at radius 1 is 1.04 bits per heavy atom. The van der Waals surface area contributed by atoms with Crippen molar-refractivity contribution in [3.05, 3.63) is 47.5 Å². The van der Waals surface area contributed by atoms with Crippen LogP contribution in [0.15, 0.2) is 51.1 Å². The largest absolute Gasteiger partial charge is 0.497 e. The Hall–Kier alpha value is -1.14. The normalized spacial score (nSPS) is 21.0. The molecule has 3 nitrogen and oxygen atoms in total. The fourth-order valence-corrected chi connectivity index (χ4v) is 5.42. The molecule has 0 bridgehead atoms. The number of fused-ring (bicyclic) bond motifs is 2. The summed E-state index contributed by atoms with van der Waals surface area (Å²) in [7, 11) is 3.97. The van der Waals surface area contributed by atoms with Gasteiger partial charge in [-0.3, -0.25) is 4.90 Å². The van der Waals surface area contributed by atoms with E-state index in [-0.39, 0.29) is 0 Å². The predicted molar refractivity (Wildman–Crippen MR) is 111 cm³/mol. The van der Waals surface area contributed by atoms with Gasteiger partial charge in [-0.15, -0.1) is 11.8 Å². The molecule has 0 aliphatic carbocycles. The zero-order valence-electron chi connectivity index (χ0n) is 15.7. The summed E-state index contributed by atoms with van der Waals surface area (Å²) < 4.78 is 5.47. The molecule has 0 radical (unpaired) electrons. The monoisotopic (exact) mass is 386 g/mol. The number of methoxy groups -OCH3 is 1. The number of hydrogen-bond acceptors (Lipinski definition) is 5. The van der Waals surface area contributed by atoms with Gasteiger partial charge in [0.1, 0.15) is 5.75 Å². The summed E-state index contributed by atoms with van der Waals surface area (Å²) in [6.07, 6.45) is 3.23. The standard InChI is InChI=1S/C21H26N2OS2/c1-22-8-10-23(11-9-22)19-12-15-4-5-16(24-2)13-21(15)26-20-7-6-17(25-3)14-18(19)20/h4-7,13-14,19H,8-12H2,1-3H3. The Morgan fingerprint density at radius 3 is 2.58 bits per heavy atom. The molecule has 4 rings (SSSR count). The molecular weight excluding hydrogens is 360 g/mol. The fraction of sp³-hybridized carbons (Fsp3) is 0.429. The first-order valence-corrected chi connectivity index (χ1v) is 11.2. The summed E-state index contributed by atoms with van der Waals surface area (Å²) in [5.74, 6) is 0.941. The van der Waals surface area contributed by atoms with Gasteiger partial charge in [-0.1, -0.05) is 17.8 Å². The highest BCUT2D eigenvalue weighted by Gasteiger charge is 2.29. The van der Waals surface area contributed by atoms with Crippen molar-refractivity contribution in [3.8, 4) is 5.75 Å². The molecular formula is C21H26N2OS2. The highest BCUT2D eigenvalue weighted by molar-refractivity contribution is 7.99. The number of piperazine rings is 1. The second kappa shape index (κ2) is 7.85. The lowest BCUT2D eigenvalue weighted by atomic mass is 9.96. The molecule has 0 aromatic heterocycles. The van der Waals surface area contributed by atoms with Crippen molar-refractivity contribution in [1.82, 2.24) is 9.80 Å². The first-order chi connectivity index (χ1) is 12.7. The third-order valence-electron chi connectivity index (χ3n) is 5.46. The molecule has 2 aliphatic rings. The van der Waals surface area contributed by atoms with E-state index < -0.39 is 0 Å². The summed E-state index contributed by atoms with van der Waals surface area (Å²) in [6.45, 7) is 4.58. The van der Waals surface area contributed by atoms with Crippen molar-refractivity contribution in [3.63, 3.8) is 0 Å². The average Bonchev–Trinajstić information content (AvgIpc) is 2.84. The van der Waals surface area contributed by atoms with Crippen LogP contribution < -0.4 is 4.74 Å². The van der Waals surface area contributed by atoms with Crippen LogP contribution in [0.25, 0.3) is 0 Å². The average molecular weight is 387 g/mol. The predicted octanol–water partition coefficient (Wildman–Crippen LogP) is 4.41. The van der Waals surface area contributed by atoms with Crippen LogP contribution in [-0.4, -0.2) is 56.4 Å². The number of hydrogen-bond donors (Lipinski definition) is 0. The Kier molecular flexibility index (Phi) is 5.50. The van der Waals surface area contributed by atoms with E-state index in [0.717, 1.165) is 38.3 Å². The first-order valence-electron chi connectivity index (χ1n) is 9.13. The number of thioether (sulfide) groups is 1. The molecule has 0 amide bonds. The number of nitrogens with zero attached hydrogens (tertiary/aromatic N) is 2.